The zero-order valence-electron chi connectivity index (χ0n) is 7.30. The molecule has 2 nitrogen and oxygen atoms in total. The molecule has 0 aromatic heterocycles. The first-order valence-corrected chi connectivity index (χ1v) is 6.37. The topological polar surface area (TPSA) is 34.1 Å². The van der Waals surface area contributed by atoms with Crippen LogP contribution in [0.5, 0.6) is 0 Å². The van der Waals surface area contributed by atoms with Crippen molar-refractivity contribution in [1.29, 1.82) is 0 Å². The summed E-state index contributed by atoms with van der Waals surface area (Å²) in [5.74, 6) is 0. The molecule has 0 bridgehead atoms. The first-order valence-electron chi connectivity index (χ1n) is 4.00. The van der Waals surface area contributed by atoms with Crippen LogP contribution in [0.1, 0.15) is 33.1 Å². The summed E-state index contributed by atoms with van der Waals surface area (Å²) in [6.07, 6.45) is 2.15. The largest absolute Gasteiger partial charge is 0.235 e. The Bertz CT molecular complexity index is 303. The molecule has 0 N–H and O–H groups in total. The summed E-state index contributed by atoms with van der Waals surface area (Å²) in [6, 6.07) is 0. The van der Waals surface area contributed by atoms with Crippen LogP contribution in [0, 0.1) is 0 Å². The Kier molecular flexibility index (Phi) is 2.84. The molecule has 0 saturated carbocycles. The molecule has 0 aliphatic heterocycles. The second-order valence-electron chi connectivity index (χ2n) is 3.40. The summed E-state index contributed by atoms with van der Waals surface area (Å²) in [5.41, 5.74) is 2.49. The standard InChI is InChI=1S/C8H13ClO2S/c1-6-3-4-8(5-7(6)2)12(9,10)11/h8H,3-5H2,1-2H3/t8-/m1/s1. The quantitative estimate of drug-likeness (QED) is 0.490. The van der Waals surface area contributed by atoms with E-state index < -0.39 is 9.05 Å². The molecule has 12 heavy (non-hydrogen) atoms. The Morgan fingerprint density at radius 1 is 1.33 bits per heavy atom. The van der Waals surface area contributed by atoms with Gasteiger partial charge in [-0.25, -0.2) is 8.42 Å². The maximum atomic E-state index is 11.0. The molecule has 0 fully saturated rings. The fourth-order valence-corrected chi connectivity index (χ4v) is 2.75. The Balaban J connectivity index is 2.81. The van der Waals surface area contributed by atoms with Gasteiger partial charge in [-0.1, -0.05) is 11.1 Å². The maximum Gasteiger partial charge on any atom is 0.235 e. The second kappa shape index (κ2) is 3.38. The zero-order valence-corrected chi connectivity index (χ0v) is 8.87. The van der Waals surface area contributed by atoms with Gasteiger partial charge >= 0.3 is 0 Å². The van der Waals surface area contributed by atoms with Gasteiger partial charge < -0.3 is 0 Å². The van der Waals surface area contributed by atoms with Gasteiger partial charge in [0.2, 0.25) is 9.05 Å². The Morgan fingerprint density at radius 3 is 2.33 bits per heavy atom. The van der Waals surface area contributed by atoms with Crippen molar-refractivity contribution in [3.63, 3.8) is 0 Å². The third kappa shape index (κ3) is 2.23. The highest BCUT2D eigenvalue weighted by Gasteiger charge is 2.26. The van der Waals surface area contributed by atoms with E-state index >= 15 is 0 Å². The van der Waals surface area contributed by atoms with E-state index in [-0.39, 0.29) is 5.25 Å². The molecule has 0 spiro atoms. The van der Waals surface area contributed by atoms with Gasteiger partial charge in [-0.15, -0.1) is 0 Å². The smallest absolute Gasteiger partial charge is 0.212 e. The maximum absolute atomic E-state index is 11.0. The number of hydrogen-bond acceptors (Lipinski definition) is 2. The molecule has 4 heteroatoms. The Hall–Kier alpha value is -0.0200. The van der Waals surface area contributed by atoms with Gasteiger partial charge in [-0.2, -0.15) is 0 Å². The third-order valence-electron chi connectivity index (χ3n) is 2.50. The van der Waals surface area contributed by atoms with Crippen molar-refractivity contribution in [3.05, 3.63) is 11.1 Å². The van der Waals surface area contributed by atoms with Crippen molar-refractivity contribution in [2.24, 2.45) is 0 Å². The summed E-state index contributed by atoms with van der Waals surface area (Å²) < 4.78 is 22.0. The van der Waals surface area contributed by atoms with Gasteiger partial charge in [0.05, 0.1) is 5.25 Å². The van der Waals surface area contributed by atoms with Gasteiger partial charge in [0, 0.05) is 10.7 Å². The van der Waals surface area contributed by atoms with Crippen LogP contribution in [0.3, 0.4) is 0 Å². The van der Waals surface area contributed by atoms with Crippen molar-refractivity contribution in [1.82, 2.24) is 0 Å². The van der Waals surface area contributed by atoms with Crippen molar-refractivity contribution < 1.29 is 8.42 Å². The van der Waals surface area contributed by atoms with Crippen LogP contribution in [0.2, 0.25) is 0 Å². The van der Waals surface area contributed by atoms with E-state index in [1.54, 1.807) is 0 Å². The molecular formula is C8H13ClO2S. The lowest BCUT2D eigenvalue weighted by atomic mass is 9.94. The molecule has 0 unspecified atom stereocenters. The highest BCUT2D eigenvalue weighted by atomic mass is 35.7. The van der Waals surface area contributed by atoms with Crippen molar-refractivity contribution >= 4 is 19.7 Å². The summed E-state index contributed by atoms with van der Waals surface area (Å²) in [5, 5.41) is -0.358. The van der Waals surface area contributed by atoms with Crippen LogP contribution in [0.15, 0.2) is 11.1 Å². The van der Waals surface area contributed by atoms with E-state index in [1.165, 1.54) is 11.1 Å². The normalized spacial score (nSPS) is 26.1. The summed E-state index contributed by atoms with van der Waals surface area (Å²) in [7, 11) is 1.93. The molecule has 0 amide bonds. The van der Waals surface area contributed by atoms with Crippen molar-refractivity contribution in [3.8, 4) is 0 Å². The number of hydrogen-bond donors (Lipinski definition) is 0. The molecule has 0 aromatic carbocycles. The average Bonchev–Trinajstić information content (AvgIpc) is 1.92. The highest BCUT2D eigenvalue weighted by molar-refractivity contribution is 8.14. The van der Waals surface area contributed by atoms with Gasteiger partial charge in [-0.05, 0) is 33.1 Å². The van der Waals surface area contributed by atoms with E-state index in [0.29, 0.717) is 12.8 Å². The van der Waals surface area contributed by atoms with Gasteiger partial charge in [0.25, 0.3) is 0 Å². The summed E-state index contributed by atoms with van der Waals surface area (Å²) >= 11 is 0. The van der Waals surface area contributed by atoms with Gasteiger partial charge in [0.1, 0.15) is 0 Å². The highest BCUT2D eigenvalue weighted by Crippen LogP contribution is 2.29. The van der Waals surface area contributed by atoms with Crippen molar-refractivity contribution in [2.45, 2.75) is 38.4 Å². The fraction of sp³-hybridized carbons (Fsp3) is 0.750. The summed E-state index contributed by atoms with van der Waals surface area (Å²) in [6.45, 7) is 4.02. The van der Waals surface area contributed by atoms with E-state index in [4.69, 9.17) is 10.7 Å². The SMILES string of the molecule is CC1=C(C)C[C@H](S(=O)(=O)Cl)CC1. The minimum absolute atomic E-state index is 0.358. The van der Waals surface area contributed by atoms with E-state index in [9.17, 15) is 8.42 Å². The molecule has 0 heterocycles. The number of halogens is 1. The predicted molar refractivity (Wildman–Crippen MR) is 50.8 cm³/mol. The van der Waals surface area contributed by atoms with E-state index in [0.717, 1.165) is 6.42 Å². The molecule has 0 radical (unpaired) electrons. The first-order chi connectivity index (χ1) is 5.41. The molecule has 1 aliphatic carbocycles. The lowest BCUT2D eigenvalue weighted by Crippen LogP contribution is -2.20. The second-order valence-corrected chi connectivity index (χ2v) is 6.31. The minimum atomic E-state index is -3.34. The van der Waals surface area contributed by atoms with Crippen LogP contribution >= 0.6 is 10.7 Å². The summed E-state index contributed by atoms with van der Waals surface area (Å²) in [4.78, 5) is 0. The van der Waals surface area contributed by atoms with Crippen LogP contribution in [0.25, 0.3) is 0 Å². The lowest BCUT2D eigenvalue weighted by molar-refractivity contribution is 0.573. The van der Waals surface area contributed by atoms with Crippen LogP contribution in [-0.2, 0) is 9.05 Å². The van der Waals surface area contributed by atoms with Crippen LogP contribution in [0.4, 0.5) is 0 Å². The minimum Gasteiger partial charge on any atom is -0.212 e. The number of allylic oxidation sites excluding steroid dienone is 2. The molecular weight excluding hydrogens is 196 g/mol. The van der Waals surface area contributed by atoms with Crippen molar-refractivity contribution in [2.75, 3.05) is 0 Å². The van der Waals surface area contributed by atoms with Gasteiger partial charge in [0.15, 0.2) is 0 Å². The monoisotopic (exact) mass is 208 g/mol. The molecule has 1 atom stereocenters. The Morgan fingerprint density at radius 2 is 1.92 bits per heavy atom. The van der Waals surface area contributed by atoms with E-state index in [2.05, 4.69) is 0 Å². The third-order valence-corrected chi connectivity index (χ3v) is 4.46. The molecule has 0 aromatic rings. The van der Waals surface area contributed by atoms with Crippen LogP contribution in [-0.4, -0.2) is 13.7 Å². The Labute approximate surface area is 78.0 Å². The van der Waals surface area contributed by atoms with Crippen LogP contribution < -0.4 is 0 Å². The predicted octanol–water partition coefficient (Wildman–Crippen LogP) is 2.44. The number of rotatable bonds is 1. The molecule has 1 rings (SSSR count). The van der Waals surface area contributed by atoms with Gasteiger partial charge in [-0.3, -0.25) is 0 Å². The van der Waals surface area contributed by atoms with E-state index in [1.807, 2.05) is 13.8 Å². The fourth-order valence-electron chi connectivity index (χ4n) is 1.45. The molecule has 1 aliphatic rings. The first kappa shape index (κ1) is 10.1. The lowest BCUT2D eigenvalue weighted by Gasteiger charge is -2.21. The molecule has 70 valence electrons. The molecule has 0 saturated heterocycles. The average molecular weight is 209 g/mol. The zero-order chi connectivity index (χ0) is 9.35.